The van der Waals surface area contributed by atoms with Crippen molar-refractivity contribution in [2.45, 2.75) is 26.8 Å². The van der Waals surface area contributed by atoms with E-state index in [4.69, 9.17) is 4.52 Å². The minimum absolute atomic E-state index is 0.277. The zero-order valence-electron chi connectivity index (χ0n) is 14.8. The maximum absolute atomic E-state index is 12.3. The van der Waals surface area contributed by atoms with Gasteiger partial charge in [-0.25, -0.2) is 0 Å². The molecule has 0 unspecified atom stereocenters. The summed E-state index contributed by atoms with van der Waals surface area (Å²) >= 11 is 0. The third-order valence-corrected chi connectivity index (χ3v) is 5.25. The standard InChI is InChI=1S/C19H24N4O2/c1-13-3-5-15(6-4-13)18-20-17(25-21-18)12-22-7-9-23(10-8-22)19(24)16-11-14(16)2/h3-6,14,16H,7-12H2,1-2H3/t14-,16-/m1/s1. The fraction of sp³-hybridized carbons (Fsp3) is 0.526. The summed E-state index contributed by atoms with van der Waals surface area (Å²) in [6, 6.07) is 8.10. The molecule has 132 valence electrons. The van der Waals surface area contributed by atoms with Crippen LogP contribution in [-0.2, 0) is 11.3 Å². The predicted molar refractivity (Wildman–Crippen MR) is 93.6 cm³/mol. The lowest BCUT2D eigenvalue weighted by Gasteiger charge is -2.34. The second kappa shape index (κ2) is 6.59. The molecule has 2 aliphatic rings. The van der Waals surface area contributed by atoms with E-state index in [1.807, 2.05) is 29.2 Å². The molecule has 1 saturated heterocycles. The first-order valence-electron chi connectivity index (χ1n) is 9.01. The van der Waals surface area contributed by atoms with Crippen LogP contribution in [0, 0.1) is 18.8 Å². The average Bonchev–Trinajstić information content (AvgIpc) is 3.17. The number of carbonyl (C=O) groups excluding carboxylic acids is 1. The topological polar surface area (TPSA) is 62.5 Å². The third-order valence-electron chi connectivity index (χ3n) is 5.25. The summed E-state index contributed by atoms with van der Waals surface area (Å²) in [5, 5.41) is 4.09. The molecule has 1 aromatic carbocycles. The summed E-state index contributed by atoms with van der Waals surface area (Å²) in [6.45, 7) is 8.15. The molecule has 2 heterocycles. The van der Waals surface area contributed by atoms with Crippen LogP contribution in [0.2, 0.25) is 0 Å². The summed E-state index contributed by atoms with van der Waals surface area (Å²) in [6.07, 6.45) is 1.06. The number of carbonyl (C=O) groups is 1. The van der Waals surface area contributed by atoms with Gasteiger partial charge in [0.2, 0.25) is 17.6 Å². The largest absolute Gasteiger partial charge is 0.340 e. The van der Waals surface area contributed by atoms with E-state index in [2.05, 4.69) is 28.9 Å². The van der Waals surface area contributed by atoms with Crippen molar-refractivity contribution in [3.05, 3.63) is 35.7 Å². The molecule has 2 fully saturated rings. The van der Waals surface area contributed by atoms with Gasteiger partial charge in [-0.15, -0.1) is 0 Å². The molecule has 0 bridgehead atoms. The van der Waals surface area contributed by atoms with Gasteiger partial charge in [0.1, 0.15) is 0 Å². The molecule has 6 nitrogen and oxygen atoms in total. The number of amides is 1. The number of benzene rings is 1. The normalized spacial score (nSPS) is 23.7. The van der Waals surface area contributed by atoms with Gasteiger partial charge in [0.05, 0.1) is 6.54 Å². The number of aromatic nitrogens is 2. The van der Waals surface area contributed by atoms with Crippen LogP contribution >= 0.6 is 0 Å². The SMILES string of the molecule is Cc1ccc(-c2noc(CN3CCN(C(=O)[C@@H]4C[C@H]4C)CC3)n2)cc1. The fourth-order valence-electron chi connectivity index (χ4n) is 3.36. The molecule has 0 N–H and O–H groups in total. The van der Waals surface area contributed by atoms with Crippen molar-refractivity contribution < 1.29 is 9.32 Å². The number of nitrogens with zero attached hydrogens (tertiary/aromatic N) is 4. The van der Waals surface area contributed by atoms with Crippen LogP contribution in [0.15, 0.2) is 28.8 Å². The van der Waals surface area contributed by atoms with Crippen LogP contribution in [-0.4, -0.2) is 52.0 Å². The fourth-order valence-corrected chi connectivity index (χ4v) is 3.36. The van der Waals surface area contributed by atoms with E-state index in [1.54, 1.807) is 0 Å². The molecule has 4 rings (SSSR count). The van der Waals surface area contributed by atoms with Crippen molar-refractivity contribution in [2.75, 3.05) is 26.2 Å². The Morgan fingerprint density at radius 2 is 1.88 bits per heavy atom. The number of aryl methyl sites for hydroxylation is 1. The van der Waals surface area contributed by atoms with E-state index < -0.39 is 0 Å². The molecule has 2 aromatic rings. The van der Waals surface area contributed by atoms with E-state index in [-0.39, 0.29) is 5.92 Å². The highest BCUT2D eigenvalue weighted by Gasteiger charge is 2.41. The lowest BCUT2D eigenvalue weighted by Crippen LogP contribution is -2.48. The molecule has 1 saturated carbocycles. The third kappa shape index (κ3) is 3.58. The zero-order chi connectivity index (χ0) is 17.4. The van der Waals surface area contributed by atoms with Gasteiger partial charge in [0.15, 0.2) is 0 Å². The quantitative estimate of drug-likeness (QED) is 0.855. The summed E-state index contributed by atoms with van der Waals surface area (Å²) in [5.74, 6) is 2.45. The first-order valence-corrected chi connectivity index (χ1v) is 9.01. The Bertz CT molecular complexity index is 747. The van der Waals surface area contributed by atoms with Gasteiger partial charge in [-0.2, -0.15) is 4.98 Å². The Morgan fingerprint density at radius 3 is 2.52 bits per heavy atom. The Morgan fingerprint density at radius 1 is 1.20 bits per heavy atom. The Labute approximate surface area is 147 Å². The van der Waals surface area contributed by atoms with Gasteiger partial charge in [-0.3, -0.25) is 9.69 Å². The molecular formula is C19H24N4O2. The van der Waals surface area contributed by atoms with Crippen LogP contribution in [0.25, 0.3) is 11.4 Å². The monoisotopic (exact) mass is 340 g/mol. The number of hydrogen-bond donors (Lipinski definition) is 0. The van der Waals surface area contributed by atoms with Crippen LogP contribution in [0.1, 0.15) is 24.8 Å². The van der Waals surface area contributed by atoms with Crippen molar-refractivity contribution in [2.24, 2.45) is 11.8 Å². The van der Waals surface area contributed by atoms with Gasteiger partial charge in [-0.1, -0.05) is 41.9 Å². The summed E-state index contributed by atoms with van der Waals surface area (Å²) < 4.78 is 5.41. The van der Waals surface area contributed by atoms with Crippen LogP contribution in [0.3, 0.4) is 0 Å². The minimum atomic E-state index is 0.277. The van der Waals surface area contributed by atoms with E-state index in [0.29, 0.717) is 30.1 Å². The molecular weight excluding hydrogens is 316 g/mol. The first kappa shape index (κ1) is 16.3. The number of rotatable bonds is 4. The van der Waals surface area contributed by atoms with Crippen molar-refractivity contribution in [3.63, 3.8) is 0 Å². The van der Waals surface area contributed by atoms with Crippen molar-refractivity contribution in [1.82, 2.24) is 19.9 Å². The van der Waals surface area contributed by atoms with E-state index in [1.165, 1.54) is 5.56 Å². The van der Waals surface area contributed by atoms with Crippen LogP contribution in [0.5, 0.6) is 0 Å². The summed E-state index contributed by atoms with van der Waals surface area (Å²) in [4.78, 5) is 21.1. The highest BCUT2D eigenvalue weighted by molar-refractivity contribution is 5.81. The van der Waals surface area contributed by atoms with Gasteiger partial charge in [-0.05, 0) is 19.3 Å². The molecule has 2 atom stereocenters. The van der Waals surface area contributed by atoms with E-state index >= 15 is 0 Å². The van der Waals surface area contributed by atoms with E-state index in [0.717, 1.165) is 38.2 Å². The Kier molecular flexibility index (Phi) is 4.29. The maximum Gasteiger partial charge on any atom is 0.241 e. The smallest absolute Gasteiger partial charge is 0.241 e. The van der Waals surface area contributed by atoms with Crippen LogP contribution < -0.4 is 0 Å². The molecule has 0 spiro atoms. The van der Waals surface area contributed by atoms with Crippen molar-refractivity contribution in [3.8, 4) is 11.4 Å². The van der Waals surface area contributed by atoms with Gasteiger partial charge < -0.3 is 9.42 Å². The minimum Gasteiger partial charge on any atom is -0.340 e. The lowest BCUT2D eigenvalue weighted by atomic mass is 10.1. The molecule has 0 radical (unpaired) electrons. The second-order valence-electron chi connectivity index (χ2n) is 7.30. The summed E-state index contributed by atoms with van der Waals surface area (Å²) in [5.41, 5.74) is 2.18. The van der Waals surface area contributed by atoms with Gasteiger partial charge in [0.25, 0.3) is 0 Å². The average molecular weight is 340 g/mol. The molecule has 1 aromatic heterocycles. The molecule has 1 amide bonds. The maximum atomic E-state index is 12.3. The Balaban J connectivity index is 1.31. The predicted octanol–water partition coefficient (Wildman–Crippen LogP) is 2.35. The highest BCUT2D eigenvalue weighted by Crippen LogP contribution is 2.39. The second-order valence-corrected chi connectivity index (χ2v) is 7.30. The Hall–Kier alpha value is -2.21. The number of hydrogen-bond acceptors (Lipinski definition) is 5. The lowest BCUT2D eigenvalue weighted by molar-refractivity contribution is -0.134. The highest BCUT2D eigenvalue weighted by atomic mass is 16.5. The van der Waals surface area contributed by atoms with Gasteiger partial charge in [0, 0.05) is 37.7 Å². The molecule has 6 heteroatoms. The van der Waals surface area contributed by atoms with E-state index in [9.17, 15) is 4.79 Å². The van der Waals surface area contributed by atoms with Crippen molar-refractivity contribution in [1.29, 1.82) is 0 Å². The number of piperazine rings is 1. The van der Waals surface area contributed by atoms with Crippen molar-refractivity contribution >= 4 is 5.91 Å². The summed E-state index contributed by atoms with van der Waals surface area (Å²) in [7, 11) is 0. The molecule has 1 aliphatic heterocycles. The van der Waals surface area contributed by atoms with Gasteiger partial charge >= 0.3 is 0 Å². The first-order chi connectivity index (χ1) is 12.1. The molecule has 25 heavy (non-hydrogen) atoms. The zero-order valence-corrected chi connectivity index (χ0v) is 14.8. The van der Waals surface area contributed by atoms with Crippen LogP contribution in [0.4, 0.5) is 0 Å². The molecule has 1 aliphatic carbocycles.